The van der Waals surface area contributed by atoms with Crippen LogP contribution >= 0.6 is 0 Å². The summed E-state index contributed by atoms with van der Waals surface area (Å²) in [5.74, 6) is -0.393. The van der Waals surface area contributed by atoms with Crippen molar-refractivity contribution in [2.24, 2.45) is 11.7 Å². The van der Waals surface area contributed by atoms with Crippen molar-refractivity contribution in [1.29, 1.82) is 0 Å². The molecule has 0 bridgehead atoms. The van der Waals surface area contributed by atoms with E-state index in [1.165, 1.54) is 11.1 Å². The quantitative estimate of drug-likeness (QED) is 0.738. The first-order chi connectivity index (χ1) is 9.70. The van der Waals surface area contributed by atoms with Crippen LogP contribution in [0.3, 0.4) is 0 Å². The van der Waals surface area contributed by atoms with E-state index in [2.05, 4.69) is 4.98 Å². The second-order valence-corrected chi connectivity index (χ2v) is 5.59. The summed E-state index contributed by atoms with van der Waals surface area (Å²) in [6.07, 6.45) is 3.41. The van der Waals surface area contributed by atoms with Crippen LogP contribution < -0.4 is 5.73 Å². The van der Waals surface area contributed by atoms with Crippen LogP contribution in [0.15, 0.2) is 18.3 Å². The highest BCUT2D eigenvalue weighted by molar-refractivity contribution is 6.20. The Morgan fingerprint density at radius 3 is 3.00 bits per heavy atom. The molecule has 1 aromatic heterocycles. The summed E-state index contributed by atoms with van der Waals surface area (Å²) in [6.45, 7) is 0.672. The highest BCUT2D eigenvalue weighted by Gasteiger charge is 2.57. The summed E-state index contributed by atoms with van der Waals surface area (Å²) in [4.78, 5) is 30.1. The minimum absolute atomic E-state index is 0.110. The van der Waals surface area contributed by atoms with Gasteiger partial charge in [-0.25, -0.2) is 0 Å². The first-order valence-electron chi connectivity index (χ1n) is 6.90. The predicted molar refractivity (Wildman–Crippen MR) is 69.0 cm³/mol. The van der Waals surface area contributed by atoms with Crippen molar-refractivity contribution < 1.29 is 14.3 Å². The highest BCUT2D eigenvalue weighted by Crippen LogP contribution is 2.42. The van der Waals surface area contributed by atoms with Gasteiger partial charge in [-0.05, 0) is 25.0 Å². The molecule has 6 nitrogen and oxygen atoms in total. The topological polar surface area (TPSA) is 85.5 Å². The molecule has 1 aromatic rings. The summed E-state index contributed by atoms with van der Waals surface area (Å²) in [5, 5.41) is 0. The number of pyridine rings is 1. The zero-order chi connectivity index (χ0) is 13.9. The largest absolute Gasteiger partial charge is 0.376 e. The zero-order valence-corrected chi connectivity index (χ0v) is 10.9. The number of hydrogen-bond acceptors (Lipinski definition) is 5. The molecule has 2 amide bonds. The Labute approximate surface area is 115 Å². The molecule has 104 valence electrons. The van der Waals surface area contributed by atoms with Gasteiger partial charge < -0.3 is 10.5 Å². The molecule has 2 aliphatic heterocycles. The van der Waals surface area contributed by atoms with Gasteiger partial charge in [0.15, 0.2) is 0 Å². The van der Waals surface area contributed by atoms with Gasteiger partial charge in [-0.2, -0.15) is 0 Å². The van der Waals surface area contributed by atoms with E-state index >= 15 is 0 Å². The molecule has 2 N–H and O–H groups in total. The van der Waals surface area contributed by atoms with E-state index in [1.54, 1.807) is 12.1 Å². The van der Waals surface area contributed by atoms with Gasteiger partial charge in [-0.1, -0.05) is 0 Å². The number of nitrogens with two attached hydrogens (primary N) is 1. The minimum Gasteiger partial charge on any atom is -0.376 e. The Hall–Kier alpha value is -1.79. The molecule has 6 heteroatoms. The van der Waals surface area contributed by atoms with Crippen molar-refractivity contribution in [2.75, 3.05) is 6.61 Å². The van der Waals surface area contributed by atoms with Crippen LogP contribution in [-0.2, 0) is 4.74 Å². The Kier molecular flexibility index (Phi) is 2.46. The second kappa shape index (κ2) is 4.10. The summed E-state index contributed by atoms with van der Waals surface area (Å²) in [5.41, 5.74) is 6.76. The molecule has 1 saturated heterocycles. The van der Waals surface area contributed by atoms with Crippen LogP contribution in [0, 0.1) is 5.92 Å². The molecular weight excluding hydrogens is 258 g/mol. The molecule has 1 saturated carbocycles. The average Bonchev–Trinajstić information content (AvgIpc) is 2.73. The standard InChI is InChI=1S/C14H15N3O3/c15-9-7-4-2-6-20-12(7)11(9)17-13(18)8-3-1-5-16-10(8)14(17)19/h1,3,5,7,9,11-12H,2,4,6,15H2. The molecule has 4 atom stereocenters. The van der Waals surface area contributed by atoms with Gasteiger partial charge in [0.05, 0.1) is 17.7 Å². The molecule has 4 unspecified atom stereocenters. The van der Waals surface area contributed by atoms with E-state index in [9.17, 15) is 9.59 Å². The second-order valence-electron chi connectivity index (χ2n) is 5.59. The Balaban J connectivity index is 1.68. The van der Waals surface area contributed by atoms with Crippen molar-refractivity contribution >= 4 is 11.8 Å². The van der Waals surface area contributed by atoms with Gasteiger partial charge in [0.1, 0.15) is 5.69 Å². The fourth-order valence-electron chi connectivity index (χ4n) is 3.59. The third kappa shape index (κ3) is 1.38. The lowest BCUT2D eigenvalue weighted by molar-refractivity contribution is -0.138. The summed E-state index contributed by atoms with van der Waals surface area (Å²) < 4.78 is 5.72. The number of ether oxygens (including phenoxy) is 1. The Morgan fingerprint density at radius 2 is 2.20 bits per heavy atom. The number of rotatable bonds is 1. The van der Waals surface area contributed by atoms with Crippen molar-refractivity contribution in [3.63, 3.8) is 0 Å². The number of hydrogen-bond donors (Lipinski definition) is 1. The van der Waals surface area contributed by atoms with Gasteiger partial charge in [0.2, 0.25) is 0 Å². The van der Waals surface area contributed by atoms with Crippen LogP contribution in [0.25, 0.3) is 0 Å². The molecule has 0 aromatic carbocycles. The van der Waals surface area contributed by atoms with Gasteiger partial charge in [0.25, 0.3) is 11.8 Å². The maximum absolute atomic E-state index is 12.4. The Morgan fingerprint density at radius 1 is 1.35 bits per heavy atom. The van der Waals surface area contributed by atoms with E-state index in [4.69, 9.17) is 10.5 Å². The van der Waals surface area contributed by atoms with E-state index in [0.717, 1.165) is 12.8 Å². The molecule has 0 spiro atoms. The van der Waals surface area contributed by atoms with E-state index in [1.807, 2.05) is 0 Å². The maximum Gasteiger partial charge on any atom is 0.280 e. The number of aromatic nitrogens is 1. The molecule has 3 heterocycles. The van der Waals surface area contributed by atoms with Crippen LogP contribution in [-0.4, -0.2) is 46.5 Å². The SMILES string of the molecule is NC1C2CCCOC2C1N1C(=O)c2cccnc2C1=O. The van der Waals surface area contributed by atoms with Crippen LogP contribution in [0.1, 0.15) is 33.7 Å². The molecule has 3 aliphatic rings. The number of imide groups is 1. The smallest absolute Gasteiger partial charge is 0.280 e. The molecule has 1 aliphatic carbocycles. The van der Waals surface area contributed by atoms with Gasteiger partial charge in [-0.3, -0.25) is 19.5 Å². The first-order valence-corrected chi connectivity index (χ1v) is 6.90. The lowest BCUT2D eigenvalue weighted by Gasteiger charge is -2.54. The van der Waals surface area contributed by atoms with Crippen molar-refractivity contribution in [3.05, 3.63) is 29.6 Å². The molecule has 2 fully saturated rings. The number of nitrogens with zero attached hydrogens (tertiary/aromatic N) is 2. The minimum atomic E-state index is -0.352. The van der Waals surface area contributed by atoms with E-state index in [-0.39, 0.29) is 41.6 Å². The van der Waals surface area contributed by atoms with Crippen molar-refractivity contribution in [1.82, 2.24) is 9.88 Å². The van der Waals surface area contributed by atoms with Crippen molar-refractivity contribution in [2.45, 2.75) is 31.0 Å². The molecule has 20 heavy (non-hydrogen) atoms. The maximum atomic E-state index is 12.4. The fraction of sp³-hybridized carbons (Fsp3) is 0.500. The third-order valence-corrected chi connectivity index (χ3v) is 4.62. The van der Waals surface area contributed by atoms with E-state index < -0.39 is 0 Å². The molecule has 0 radical (unpaired) electrons. The normalized spacial score (nSPS) is 35.5. The van der Waals surface area contributed by atoms with Gasteiger partial charge in [0, 0.05) is 24.8 Å². The predicted octanol–water partition coefficient (Wildman–Crippen LogP) is 0.182. The lowest BCUT2D eigenvalue weighted by atomic mass is 9.68. The first kappa shape index (κ1) is 12.0. The fourth-order valence-corrected chi connectivity index (χ4v) is 3.59. The summed E-state index contributed by atoms with van der Waals surface area (Å²) in [7, 11) is 0. The van der Waals surface area contributed by atoms with Gasteiger partial charge in [-0.15, -0.1) is 0 Å². The highest BCUT2D eigenvalue weighted by atomic mass is 16.5. The lowest BCUT2D eigenvalue weighted by Crippen LogP contribution is -2.72. The molecular formula is C14H15N3O3. The van der Waals surface area contributed by atoms with Crippen molar-refractivity contribution in [3.8, 4) is 0 Å². The number of carbonyl (C=O) groups excluding carboxylic acids is 2. The van der Waals surface area contributed by atoms with Crippen LogP contribution in [0.4, 0.5) is 0 Å². The number of carbonyl (C=O) groups is 2. The third-order valence-electron chi connectivity index (χ3n) is 4.62. The summed E-state index contributed by atoms with van der Waals surface area (Å²) >= 11 is 0. The number of amides is 2. The molecule has 4 rings (SSSR count). The zero-order valence-electron chi connectivity index (χ0n) is 10.9. The van der Waals surface area contributed by atoms with E-state index in [0.29, 0.717) is 12.2 Å². The average molecular weight is 273 g/mol. The van der Waals surface area contributed by atoms with Crippen LogP contribution in [0.5, 0.6) is 0 Å². The van der Waals surface area contributed by atoms with Gasteiger partial charge >= 0.3 is 0 Å². The summed E-state index contributed by atoms with van der Waals surface area (Å²) in [6, 6.07) is 2.75. The Bertz CT molecular complexity index is 568. The van der Waals surface area contributed by atoms with Crippen LogP contribution in [0.2, 0.25) is 0 Å². The number of fused-ring (bicyclic) bond motifs is 2. The monoisotopic (exact) mass is 273 g/mol.